The van der Waals surface area contributed by atoms with E-state index in [0.717, 1.165) is 39.0 Å². The van der Waals surface area contributed by atoms with E-state index in [0.29, 0.717) is 13.0 Å². The molecule has 0 saturated heterocycles. The van der Waals surface area contributed by atoms with Gasteiger partial charge in [-0.2, -0.15) is 0 Å². The number of rotatable bonds is 12. The Balaban J connectivity index is 4.22. The van der Waals surface area contributed by atoms with Crippen molar-refractivity contribution in [3.05, 3.63) is 0 Å². The van der Waals surface area contributed by atoms with E-state index in [4.69, 9.17) is 0 Å². The molecule has 0 rings (SSSR count). The average Bonchev–Trinajstić information content (AvgIpc) is 2.36. The summed E-state index contributed by atoms with van der Waals surface area (Å²) in [7, 11) is 4.16. The lowest BCUT2D eigenvalue weighted by Crippen LogP contribution is -2.49. The average molecular weight is 287 g/mol. The van der Waals surface area contributed by atoms with Gasteiger partial charge in [-0.25, -0.2) is 0 Å². The third-order valence-electron chi connectivity index (χ3n) is 3.59. The van der Waals surface area contributed by atoms with Crippen molar-refractivity contribution < 1.29 is 9.90 Å². The fourth-order valence-electron chi connectivity index (χ4n) is 2.31. The van der Waals surface area contributed by atoms with Gasteiger partial charge in [-0.15, -0.1) is 0 Å². The van der Waals surface area contributed by atoms with Crippen molar-refractivity contribution in [2.75, 3.05) is 46.8 Å². The molecule has 0 aromatic carbocycles. The summed E-state index contributed by atoms with van der Waals surface area (Å²) < 4.78 is 0. The Morgan fingerprint density at radius 3 is 2.25 bits per heavy atom. The summed E-state index contributed by atoms with van der Waals surface area (Å²) in [5.74, 6) is -0.755. The summed E-state index contributed by atoms with van der Waals surface area (Å²) >= 11 is 0. The molecule has 1 unspecified atom stereocenters. The standard InChI is InChI=1S/C15H33N3O2/c1-6-10-18(13-12-17(4)5)11-8-9-15(3,14(19)20)16-7-2/h16H,6-13H2,1-5H3,(H,19,20). The Morgan fingerprint density at radius 2 is 1.80 bits per heavy atom. The maximum absolute atomic E-state index is 11.3. The van der Waals surface area contributed by atoms with Crippen LogP contribution in [-0.2, 0) is 4.79 Å². The highest BCUT2D eigenvalue weighted by Crippen LogP contribution is 2.13. The zero-order valence-electron chi connectivity index (χ0n) is 13.9. The highest BCUT2D eigenvalue weighted by atomic mass is 16.4. The van der Waals surface area contributed by atoms with Crippen LogP contribution >= 0.6 is 0 Å². The van der Waals surface area contributed by atoms with Crippen LogP contribution < -0.4 is 5.32 Å². The smallest absolute Gasteiger partial charge is 0.323 e. The van der Waals surface area contributed by atoms with Gasteiger partial charge in [0.05, 0.1) is 0 Å². The molecule has 0 aliphatic rings. The summed E-state index contributed by atoms with van der Waals surface area (Å²) in [5.41, 5.74) is -0.797. The van der Waals surface area contributed by atoms with E-state index in [1.54, 1.807) is 6.92 Å². The molecular formula is C15H33N3O2. The monoisotopic (exact) mass is 287 g/mol. The van der Waals surface area contributed by atoms with Gasteiger partial charge in [0.25, 0.3) is 0 Å². The summed E-state index contributed by atoms with van der Waals surface area (Å²) in [5, 5.41) is 12.4. The summed E-state index contributed by atoms with van der Waals surface area (Å²) in [6.45, 7) is 10.7. The maximum Gasteiger partial charge on any atom is 0.323 e. The third-order valence-corrected chi connectivity index (χ3v) is 3.59. The molecule has 0 aromatic rings. The third kappa shape index (κ3) is 7.82. The highest BCUT2D eigenvalue weighted by Gasteiger charge is 2.31. The van der Waals surface area contributed by atoms with Crippen molar-refractivity contribution in [1.82, 2.24) is 15.1 Å². The number of nitrogens with zero attached hydrogens (tertiary/aromatic N) is 2. The minimum atomic E-state index is -0.797. The number of hydrogen-bond donors (Lipinski definition) is 2. The molecule has 0 aliphatic heterocycles. The summed E-state index contributed by atoms with van der Waals surface area (Å²) in [6.07, 6.45) is 2.71. The first kappa shape index (κ1) is 19.4. The first-order valence-corrected chi connectivity index (χ1v) is 7.71. The lowest BCUT2D eigenvalue weighted by atomic mass is 9.95. The number of likely N-dealkylation sites (N-methyl/N-ethyl adjacent to an activating group) is 2. The van der Waals surface area contributed by atoms with E-state index < -0.39 is 11.5 Å². The van der Waals surface area contributed by atoms with Crippen molar-refractivity contribution in [1.29, 1.82) is 0 Å². The molecule has 0 saturated carbocycles. The van der Waals surface area contributed by atoms with Gasteiger partial charge in [0.2, 0.25) is 0 Å². The second-order valence-corrected chi connectivity index (χ2v) is 5.92. The van der Waals surface area contributed by atoms with Crippen LogP contribution in [0.3, 0.4) is 0 Å². The van der Waals surface area contributed by atoms with Crippen LogP contribution in [0.25, 0.3) is 0 Å². The van der Waals surface area contributed by atoms with Gasteiger partial charge in [0, 0.05) is 13.1 Å². The molecular weight excluding hydrogens is 254 g/mol. The van der Waals surface area contributed by atoms with Crippen LogP contribution in [0.1, 0.15) is 40.0 Å². The number of aliphatic carboxylic acids is 1. The van der Waals surface area contributed by atoms with Crippen LogP contribution in [-0.4, -0.2) is 73.2 Å². The molecule has 0 spiro atoms. The largest absolute Gasteiger partial charge is 0.480 e. The van der Waals surface area contributed by atoms with E-state index in [9.17, 15) is 9.90 Å². The highest BCUT2D eigenvalue weighted by molar-refractivity contribution is 5.78. The molecule has 1 atom stereocenters. The number of carbonyl (C=O) groups is 1. The SMILES string of the molecule is CCCN(CCCC(C)(NCC)C(=O)O)CCN(C)C. The Hall–Kier alpha value is -0.650. The van der Waals surface area contributed by atoms with Crippen LogP contribution in [0.5, 0.6) is 0 Å². The lowest BCUT2D eigenvalue weighted by molar-refractivity contribution is -0.144. The zero-order valence-corrected chi connectivity index (χ0v) is 13.9. The van der Waals surface area contributed by atoms with Gasteiger partial charge in [-0.1, -0.05) is 13.8 Å². The first-order valence-electron chi connectivity index (χ1n) is 7.71. The molecule has 5 nitrogen and oxygen atoms in total. The fourth-order valence-corrected chi connectivity index (χ4v) is 2.31. The van der Waals surface area contributed by atoms with E-state index in [2.05, 4.69) is 36.1 Å². The Bertz CT molecular complexity index is 272. The fraction of sp³-hybridized carbons (Fsp3) is 0.933. The Morgan fingerprint density at radius 1 is 1.15 bits per heavy atom. The van der Waals surface area contributed by atoms with Gasteiger partial charge in [0.1, 0.15) is 5.54 Å². The van der Waals surface area contributed by atoms with Crippen LogP contribution in [0, 0.1) is 0 Å². The van der Waals surface area contributed by atoms with E-state index in [1.165, 1.54) is 0 Å². The topological polar surface area (TPSA) is 55.8 Å². The molecule has 0 bridgehead atoms. The predicted octanol–water partition coefficient (Wildman–Crippen LogP) is 1.49. The minimum Gasteiger partial charge on any atom is -0.480 e. The zero-order chi connectivity index (χ0) is 15.6. The maximum atomic E-state index is 11.3. The molecule has 0 aromatic heterocycles. The van der Waals surface area contributed by atoms with Gasteiger partial charge >= 0.3 is 5.97 Å². The number of nitrogens with one attached hydrogen (secondary N) is 1. The molecule has 0 amide bonds. The van der Waals surface area contributed by atoms with Crippen molar-refractivity contribution >= 4 is 5.97 Å². The number of hydrogen-bond acceptors (Lipinski definition) is 4. The molecule has 2 N–H and O–H groups in total. The van der Waals surface area contributed by atoms with Crippen molar-refractivity contribution in [3.63, 3.8) is 0 Å². The first-order chi connectivity index (χ1) is 9.35. The van der Waals surface area contributed by atoms with Crippen molar-refractivity contribution in [3.8, 4) is 0 Å². The molecule has 0 fully saturated rings. The molecule has 120 valence electrons. The number of carboxylic acids is 1. The second-order valence-electron chi connectivity index (χ2n) is 5.92. The molecule has 5 heteroatoms. The molecule has 20 heavy (non-hydrogen) atoms. The van der Waals surface area contributed by atoms with Gasteiger partial charge in [-0.05, 0) is 59.9 Å². The molecule has 0 heterocycles. The quantitative estimate of drug-likeness (QED) is 0.569. The van der Waals surface area contributed by atoms with Gasteiger partial charge in [0.15, 0.2) is 0 Å². The van der Waals surface area contributed by atoms with E-state index >= 15 is 0 Å². The van der Waals surface area contributed by atoms with E-state index in [-0.39, 0.29) is 0 Å². The Kier molecular flexibility index (Phi) is 9.80. The Labute approximate surface area is 124 Å². The van der Waals surface area contributed by atoms with Crippen LogP contribution in [0.4, 0.5) is 0 Å². The number of carboxylic acid groups (broad SMARTS) is 1. The molecule has 0 aliphatic carbocycles. The normalized spacial score (nSPS) is 14.8. The minimum absolute atomic E-state index is 0.665. The predicted molar refractivity (Wildman–Crippen MR) is 84.2 cm³/mol. The summed E-state index contributed by atoms with van der Waals surface area (Å²) in [4.78, 5) is 16.0. The van der Waals surface area contributed by atoms with E-state index in [1.807, 2.05) is 6.92 Å². The van der Waals surface area contributed by atoms with Crippen LogP contribution in [0.2, 0.25) is 0 Å². The van der Waals surface area contributed by atoms with Gasteiger partial charge < -0.3 is 20.2 Å². The lowest BCUT2D eigenvalue weighted by Gasteiger charge is -2.28. The van der Waals surface area contributed by atoms with Crippen molar-refractivity contribution in [2.45, 2.75) is 45.6 Å². The van der Waals surface area contributed by atoms with Crippen LogP contribution in [0.15, 0.2) is 0 Å². The summed E-state index contributed by atoms with van der Waals surface area (Å²) in [6, 6.07) is 0. The molecule has 0 radical (unpaired) electrons. The second kappa shape index (κ2) is 10.1. The van der Waals surface area contributed by atoms with Crippen molar-refractivity contribution in [2.24, 2.45) is 0 Å². The van der Waals surface area contributed by atoms with Gasteiger partial charge in [-0.3, -0.25) is 4.79 Å².